The van der Waals surface area contributed by atoms with Gasteiger partial charge in [-0.2, -0.15) is 0 Å². The minimum atomic E-state index is -0.770. The van der Waals surface area contributed by atoms with Gasteiger partial charge in [0.25, 0.3) is 0 Å². The van der Waals surface area contributed by atoms with Crippen molar-refractivity contribution in [3.8, 4) is 0 Å². The van der Waals surface area contributed by atoms with Crippen LogP contribution < -0.4 is 10.6 Å². The van der Waals surface area contributed by atoms with E-state index in [1.807, 2.05) is 6.92 Å². The van der Waals surface area contributed by atoms with Crippen LogP contribution in [0.3, 0.4) is 0 Å². The topological polar surface area (TPSA) is 58.2 Å². The lowest BCUT2D eigenvalue weighted by Gasteiger charge is -2.16. The number of hydrogen-bond acceptors (Lipinski definition) is 3. The Kier molecular flexibility index (Phi) is 5.25. The number of nitrogens with one attached hydrogen (secondary N) is 2. The summed E-state index contributed by atoms with van der Waals surface area (Å²) >= 11 is 0. The SMILES string of the molecule is CC(CCS(C)=O)NC(=O)[C@@H]1CCCN1. The van der Waals surface area contributed by atoms with Crippen molar-refractivity contribution in [2.45, 2.75) is 38.3 Å². The smallest absolute Gasteiger partial charge is 0.237 e. The molecule has 0 aliphatic carbocycles. The second kappa shape index (κ2) is 6.23. The van der Waals surface area contributed by atoms with Crippen molar-refractivity contribution >= 4 is 16.7 Å². The maximum absolute atomic E-state index is 11.7. The Morgan fingerprint density at radius 1 is 1.67 bits per heavy atom. The first-order chi connectivity index (χ1) is 7.09. The molecule has 0 bridgehead atoms. The van der Waals surface area contributed by atoms with Gasteiger partial charge < -0.3 is 10.6 Å². The van der Waals surface area contributed by atoms with E-state index in [0.29, 0.717) is 5.75 Å². The van der Waals surface area contributed by atoms with Crippen LogP contribution in [0.5, 0.6) is 0 Å². The molecular formula is C10H20N2O2S. The van der Waals surface area contributed by atoms with E-state index in [1.165, 1.54) is 0 Å². The highest BCUT2D eigenvalue weighted by Gasteiger charge is 2.22. The van der Waals surface area contributed by atoms with Crippen LogP contribution in [0.1, 0.15) is 26.2 Å². The van der Waals surface area contributed by atoms with Crippen LogP contribution in [0.4, 0.5) is 0 Å². The zero-order valence-electron chi connectivity index (χ0n) is 9.41. The molecule has 5 heteroatoms. The van der Waals surface area contributed by atoms with Gasteiger partial charge in [0.15, 0.2) is 0 Å². The summed E-state index contributed by atoms with van der Waals surface area (Å²) in [5.74, 6) is 0.737. The van der Waals surface area contributed by atoms with Crippen LogP contribution >= 0.6 is 0 Å². The molecule has 1 heterocycles. The lowest BCUT2D eigenvalue weighted by molar-refractivity contribution is -0.123. The average molecular weight is 232 g/mol. The van der Waals surface area contributed by atoms with E-state index in [4.69, 9.17) is 0 Å². The molecule has 1 amide bonds. The summed E-state index contributed by atoms with van der Waals surface area (Å²) in [6, 6.07) is 0.100. The predicted molar refractivity (Wildman–Crippen MR) is 62.2 cm³/mol. The number of hydrogen-bond donors (Lipinski definition) is 2. The maximum atomic E-state index is 11.7. The minimum Gasteiger partial charge on any atom is -0.352 e. The third-order valence-electron chi connectivity index (χ3n) is 2.60. The van der Waals surface area contributed by atoms with Crippen LogP contribution in [0.15, 0.2) is 0 Å². The Labute approximate surface area is 93.7 Å². The van der Waals surface area contributed by atoms with Crippen molar-refractivity contribution in [1.29, 1.82) is 0 Å². The summed E-state index contributed by atoms with van der Waals surface area (Å²) in [6.07, 6.45) is 4.47. The van der Waals surface area contributed by atoms with E-state index < -0.39 is 10.8 Å². The van der Waals surface area contributed by atoms with Gasteiger partial charge in [0.1, 0.15) is 0 Å². The van der Waals surface area contributed by atoms with Gasteiger partial charge in [0.2, 0.25) is 5.91 Å². The standard InChI is InChI=1S/C10H20N2O2S/c1-8(5-7-15(2)14)12-10(13)9-4-3-6-11-9/h8-9,11H,3-7H2,1-2H3,(H,12,13)/t8?,9-,15?/m0/s1. The summed E-state index contributed by atoms with van der Waals surface area (Å²) in [7, 11) is -0.770. The summed E-state index contributed by atoms with van der Waals surface area (Å²) < 4.78 is 10.9. The fourth-order valence-electron chi connectivity index (χ4n) is 1.67. The fourth-order valence-corrected chi connectivity index (χ4v) is 2.35. The molecule has 0 aromatic rings. The summed E-state index contributed by atoms with van der Waals surface area (Å²) in [5, 5.41) is 6.10. The Bertz CT molecular complexity index is 240. The van der Waals surface area contributed by atoms with Crippen molar-refractivity contribution < 1.29 is 9.00 Å². The zero-order chi connectivity index (χ0) is 11.3. The molecule has 0 spiro atoms. The second-order valence-corrected chi connectivity index (χ2v) is 5.68. The molecular weight excluding hydrogens is 212 g/mol. The summed E-state index contributed by atoms with van der Waals surface area (Å²) in [5.41, 5.74) is 0. The quantitative estimate of drug-likeness (QED) is 0.702. The van der Waals surface area contributed by atoms with Crippen LogP contribution in [0.25, 0.3) is 0 Å². The van der Waals surface area contributed by atoms with Crippen molar-refractivity contribution in [2.75, 3.05) is 18.6 Å². The third kappa shape index (κ3) is 4.75. The lowest BCUT2D eigenvalue weighted by atomic mass is 10.2. The van der Waals surface area contributed by atoms with Gasteiger partial charge >= 0.3 is 0 Å². The monoisotopic (exact) mass is 232 g/mol. The van der Waals surface area contributed by atoms with Crippen LogP contribution in [0, 0.1) is 0 Å². The van der Waals surface area contributed by atoms with E-state index >= 15 is 0 Å². The van der Waals surface area contributed by atoms with Crippen molar-refractivity contribution in [2.24, 2.45) is 0 Å². The van der Waals surface area contributed by atoms with Gasteiger partial charge in [-0.05, 0) is 32.7 Å². The zero-order valence-corrected chi connectivity index (χ0v) is 10.2. The first-order valence-electron chi connectivity index (χ1n) is 5.43. The average Bonchev–Trinajstić information content (AvgIpc) is 2.67. The van der Waals surface area contributed by atoms with E-state index in [2.05, 4.69) is 10.6 Å². The molecule has 2 N–H and O–H groups in total. The Morgan fingerprint density at radius 2 is 2.40 bits per heavy atom. The summed E-state index contributed by atoms with van der Waals surface area (Å²) in [6.45, 7) is 2.89. The molecule has 4 nitrogen and oxygen atoms in total. The first kappa shape index (κ1) is 12.6. The van der Waals surface area contributed by atoms with Crippen LogP contribution in [-0.2, 0) is 15.6 Å². The molecule has 0 radical (unpaired) electrons. The number of amides is 1. The Morgan fingerprint density at radius 3 is 2.93 bits per heavy atom. The molecule has 3 atom stereocenters. The third-order valence-corrected chi connectivity index (χ3v) is 3.41. The van der Waals surface area contributed by atoms with Crippen LogP contribution in [-0.4, -0.2) is 40.8 Å². The van der Waals surface area contributed by atoms with E-state index in [0.717, 1.165) is 25.8 Å². The second-order valence-electron chi connectivity index (χ2n) is 4.12. The van der Waals surface area contributed by atoms with Crippen molar-refractivity contribution in [3.63, 3.8) is 0 Å². The van der Waals surface area contributed by atoms with Gasteiger partial charge in [-0.1, -0.05) is 0 Å². The first-order valence-corrected chi connectivity index (χ1v) is 7.16. The molecule has 1 fully saturated rings. The number of carbonyl (C=O) groups excluding carboxylic acids is 1. The van der Waals surface area contributed by atoms with E-state index in [9.17, 15) is 9.00 Å². The largest absolute Gasteiger partial charge is 0.352 e. The van der Waals surface area contributed by atoms with Crippen molar-refractivity contribution in [3.05, 3.63) is 0 Å². The van der Waals surface area contributed by atoms with Gasteiger partial charge in [-0.25, -0.2) is 0 Å². The number of rotatable bonds is 5. The highest BCUT2D eigenvalue weighted by molar-refractivity contribution is 7.84. The Balaban J connectivity index is 2.21. The van der Waals surface area contributed by atoms with Gasteiger partial charge in [0, 0.05) is 28.9 Å². The minimum absolute atomic E-state index is 0.0143. The van der Waals surface area contributed by atoms with Crippen LogP contribution in [0.2, 0.25) is 0 Å². The highest BCUT2D eigenvalue weighted by atomic mass is 32.2. The number of carbonyl (C=O) groups is 1. The predicted octanol–water partition coefficient (Wildman–Crippen LogP) is 0.0117. The molecule has 1 aliphatic rings. The van der Waals surface area contributed by atoms with E-state index in [-0.39, 0.29) is 18.0 Å². The molecule has 1 saturated heterocycles. The van der Waals surface area contributed by atoms with E-state index in [1.54, 1.807) is 6.26 Å². The molecule has 1 rings (SSSR count). The molecule has 0 saturated carbocycles. The van der Waals surface area contributed by atoms with Gasteiger partial charge in [0.05, 0.1) is 6.04 Å². The van der Waals surface area contributed by atoms with Gasteiger partial charge in [-0.3, -0.25) is 9.00 Å². The normalized spacial score (nSPS) is 24.8. The fraction of sp³-hybridized carbons (Fsp3) is 0.900. The van der Waals surface area contributed by atoms with Gasteiger partial charge in [-0.15, -0.1) is 0 Å². The molecule has 15 heavy (non-hydrogen) atoms. The van der Waals surface area contributed by atoms with Crippen molar-refractivity contribution in [1.82, 2.24) is 10.6 Å². The molecule has 0 aromatic carbocycles. The molecule has 1 aliphatic heterocycles. The lowest BCUT2D eigenvalue weighted by Crippen LogP contribution is -2.44. The molecule has 2 unspecified atom stereocenters. The Hall–Kier alpha value is -0.420. The maximum Gasteiger partial charge on any atom is 0.237 e. The molecule has 0 aromatic heterocycles. The molecule has 88 valence electrons. The highest BCUT2D eigenvalue weighted by Crippen LogP contribution is 2.05. The summed E-state index contributed by atoms with van der Waals surface area (Å²) in [4.78, 5) is 11.7.